The molecule has 32 heavy (non-hydrogen) atoms. The molecule has 0 radical (unpaired) electrons. The van der Waals surface area contributed by atoms with E-state index >= 15 is 0 Å². The Morgan fingerprint density at radius 1 is 0.906 bits per heavy atom. The summed E-state index contributed by atoms with van der Waals surface area (Å²) in [6, 6.07) is 10.5. The molecule has 1 heterocycles. The van der Waals surface area contributed by atoms with Crippen LogP contribution in [0.15, 0.2) is 36.4 Å². The topological polar surface area (TPSA) is 59.8 Å². The van der Waals surface area contributed by atoms with E-state index in [4.69, 9.17) is 46.4 Å². The van der Waals surface area contributed by atoms with Crippen LogP contribution in [0.3, 0.4) is 0 Å². The lowest BCUT2D eigenvalue weighted by atomic mass is 9.87. The van der Waals surface area contributed by atoms with Crippen molar-refractivity contribution in [3.8, 4) is 22.5 Å². The van der Waals surface area contributed by atoms with E-state index in [0.717, 1.165) is 25.7 Å². The van der Waals surface area contributed by atoms with Gasteiger partial charge in [-0.2, -0.15) is 15.0 Å². The van der Waals surface area contributed by atoms with Crippen LogP contribution < -0.4 is 5.32 Å². The molecule has 1 N–H and O–H groups in total. The van der Waals surface area contributed by atoms with E-state index in [1.54, 1.807) is 36.4 Å². The number of carbonyl (C=O) groups is 1. The molecule has 0 aliphatic heterocycles. The maximum atomic E-state index is 12.7. The minimum Gasteiger partial charge on any atom is -0.352 e. The molecule has 0 saturated heterocycles. The van der Waals surface area contributed by atoms with Crippen molar-refractivity contribution in [2.75, 3.05) is 0 Å². The first-order valence-electron chi connectivity index (χ1n) is 10.5. The van der Waals surface area contributed by atoms with E-state index in [9.17, 15) is 4.79 Å². The van der Waals surface area contributed by atoms with Gasteiger partial charge < -0.3 is 5.32 Å². The van der Waals surface area contributed by atoms with Crippen molar-refractivity contribution >= 4 is 52.3 Å². The first-order chi connectivity index (χ1) is 15.3. The molecule has 5 nitrogen and oxygen atoms in total. The normalized spacial score (nSPS) is 18.5. The molecule has 0 bridgehead atoms. The number of amides is 1. The van der Waals surface area contributed by atoms with Gasteiger partial charge in [0.2, 0.25) is 5.91 Å². The molecule has 2 aromatic carbocycles. The first-order valence-corrected chi connectivity index (χ1v) is 12.0. The monoisotopic (exact) mass is 510 g/mol. The fourth-order valence-electron chi connectivity index (χ4n) is 3.95. The van der Waals surface area contributed by atoms with Crippen molar-refractivity contribution < 1.29 is 4.79 Å². The van der Waals surface area contributed by atoms with Crippen molar-refractivity contribution in [3.63, 3.8) is 0 Å². The van der Waals surface area contributed by atoms with Gasteiger partial charge in [-0.25, -0.2) is 0 Å². The average Bonchev–Trinajstić information content (AvgIpc) is 3.12. The van der Waals surface area contributed by atoms with Crippen LogP contribution in [-0.2, 0) is 11.3 Å². The van der Waals surface area contributed by atoms with Crippen LogP contribution in [0.25, 0.3) is 22.5 Å². The largest absolute Gasteiger partial charge is 0.352 e. The standard InChI is InChI=1S/C23H22Cl4N4O/c1-13-2-6-16(7-3-13)28-21(32)12-31-29-22(17-8-4-14(24)10-19(17)26)23(30-31)18-9-5-15(25)11-20(18)27/h4-5,8-11,13,16H,2-3,6-7,12H2,1H3,(H,28,32). The molecule has 0 unspecified atom stereocenters. The SMILES string of the molecule is CC1CCC(NC(=O)Cn2nc(-c3ccc(Cl)cc3Cl)c(-c3ccc(Cl)cc3Cl)n2)CC1. The number of hydrogen-bond acceptors (Lipinski definition) is 3. The number of halogens is 4. The third kappa shape index (κ3) is 5.40. The van der Waals surface area contributed by atoms with Gasteiger partial charge >= 0.3 is 0 Å². The zero-order chi connectivity index (χ0) is 22.8. The summed E-state index contributed by atoms with van der Waals surface area (Å²) >= 11 is 25.0. The Morgan fingerprint density at radius 3 is 1.88 bits per heavy atom. The Morgan fingerprint density at radius 2 is 1.41 bits per heavy atom. The van der Waals surface area contributed by atoms with Crippen LogP contribution in [-0.4, -0.2) is 26.9 Å². The Balaban J connectivity index is 1.65. The predicted molar refractivity (Wildman–Crippen MR) is 130 cm³/mol. The summed E-state index contributed by atoms with van der Waals surface area (Å²) in [6.45, 7) is 2.24. The molecule has 3 aromatic rings. The molecular weight excluding hydrogens is 490 g/mol. The molecule has 1 aliphatic rings. The molecule has 1 aliphatic carbocycles. The summed E-state index contributed by atoms with van der Waals surface area (Å²) in [5.41, 5.74) is 2.31. The van der Waals surface area contributed by atoms with E-state index in [0.29, 0.717) is 48.5 Å². The fraction of sp³-hybridized carbons (Fsp3) is 0.348. The van der Waals surface area contributed by atoms with Crippen LogP contribution in [0, 0.1) is 5.92 Å². The van der Waals surface area contributed by atoms with E-state index < -0.39 is 0 Å². The summed E-state index contributed by atoms with van der Waals surface area (Å²) < 4.78 is 0. The Labute approximate surface area is 207 Å². The molecule has 1 amide bonds. The number of aromatic nitrogens is 3. The third-order valence-corrected chi connectivity index (χ3v) is 6.79. The maximum Gasteiger partial charge on any atom is 0.243 e. The van der Waals surface area contributed by atoms with E-state index in [2.05, 4.69) is 22.4 Å². The number of benzene rings is 2. The second kappa shape index (κ2) is 10.0. The van der Waals surface area contributed by atoms with Crippen molar-refractivity contribution in [2.45, 2.75) is 45.2 Å². The van der Waals surface area contributed by atoms with Gasteiger partial charge in [-0.05, 0) is 68.0 Å². The zero-order valence-corrected chi connectivity index (χ0v) is 20.4. The quantitative estimate of drug-likeness (QED) is 0.404. The smallest absolute Gasteiger partial charge is 0.243 e. The zero-order valence-electron chi connectivity index (χ0n) is 17.4. The number of nitrogens with one attached hydrogen (secondary N) is 1. The second-order valence-electron chi connectivity index (χ2n) is 8.20. The molecule has 1 saturated carbocycles. The molecule has 9 heteroatoms. The average molecular weight is 512 g/mol. The predicted octanol–water partition coefficient (Wildman–Crippen LogP) is 6.92. The summed E-state index contributed by atoms with van der Waals surface area (Å²) in [5.74, 6) is 0.594. The van der Waals surface area contributed by atoms with Crippen LogP contribution in [0.5, 0.6) is 0 Å². The van der Waals surface area contributed by atoms with E-state index in [1.807, 2.05) is 0 Å². The Bertz CT molecular complexity index is 1070. The number of carbonyl (C=O) groups excluding carboxylic acids is 1. The highest BCUT2D eigenvalue weighted by molar-refractivity contribution is 6.37. The van der Waals surface area contributed by atoms with Crippen molar-refractivity contribution in [1.29, 1.82) is 0 Å². The van der Waals surface area contributed by atoms with Crippen LogP contribution >= 0.6 is 46.4 Å². The van der Waals surface area contributed by atoms with Crippen LogP contribution in [0.1, 0.15) is 32.6 Å². The van der Waals surface area contributed by atoms with E-state index in [1.165, 1.54) is 4.80 Å². The molecular formula is C23H22Cl4N4O. The minimum atomic E-state index is -0.123. The highest BCUT2D eigenvalue weighted by atomic mass is 35.5. The first kappa shape index (κ1) is 23.4. The number of hydrogen-bond donors (Lipinski definition) is 1. The van der Waals surface area contributed by atoms with Crippen molar-refractivity contribution in [3.05, 3.63) is 56.5 Å². The summed E-state index contributed by atoms with van der Waals surface area (Å²) in [4.78, 5) is 14.1. The lowest BCUT2D eigenvalue weighted by molar-refractivity contribution is -0.123. The third-order valence-electron chi connectivity index (χ3n) is 5.69. The Hall–Kier alpha value is -1.79. The minimum absolute atomic E-state index is 0.00449. The number of rotatable bonds is 5. The van der Waals surface area contributed by atoms with Gasteiger partial charge in [-0.1, -0.05) is 53.3 Å². The molecule has 4 rings (SSSR count). The fourth-order valence-corrected chi connectivity index (χ4v) is 4.95. The second-order valence-corrected chi connectivity index (χ2v) is 9.89. The van der Waals surface area contributed by atoms with Crippen molar-refractivity contribution in [2.24, 2.45) is 5.92 Å². The molecule has 0 spiro atoms. The van der Waals surface area contributed by atoms with Gasteiger partial charge in [0.25, 0.3) is 0 Å². The highest BCUT2D eigenvalue weighted by Gasteiger charge is 2.23. The summed E-state index contributed by atoms with van der Waals surface area (Å²) in [6.07, 6.45) is 4.25. The summed E-state index contributed by atoms with van der Waals surface area (Å²) in [5, 5.41) is 14.1. The highest BCUT2D eigenvalue weighted by Crippen LogP contribution is 2.38. The summed E-state index contributed by atoms with van der Waals surface area (Å²) in [7, 11) is 0. The molecule has 1 aromatic heterocycles. The Kier molecular flexibility index (Phi) is 7.30. The molecule has 1 fully saturated rings. The van der Waals surface area contributed by atoms with Crippen molar-refractivity contribution in [1.82, 2.24) is 20.3 Å². The van der Waals surface area contributed by atoms with Gasteiger partial charge in [-0.3, -0.25) is 4.79 Å². The van der Waals surface area contributed by atoms with Crippen LogP contribution in [0.4, 0.5) is 0 Å². The number of nitrogens with zero attached hydrogens (tertiary/aromatic N) is 3. The van der Waals surface area contributed by atoms with E-state index in [-0.39, 0.29) is 18.5 Å². The maximum absolute atomic E-state index is 12.7. The van der Waals surface area contributed by atoms with Gasteiger partial charge in [0.1, 0.15) is 17.9 Å². The van der Waals surface area contributed by atoms with Gasteiger partial charge in [0.05, 0.1) is 10.0 Å². The molecule has 168 valence electrons. The lowest BCUT2D eigenvalue weighted by Gasteiger charge is -2.26. The lowest BCUT2D eigenvalue weighted by Crippen LogP contribution is -2.39. The van der Waals surface area contributed by atoms with Gasteiger partial charge in [0, 0.05) is 27.2 Å². The van der Waals surface area contributed by atoms with Crippen LogP contribution in [0.2, 0.25) is 20.1 Å². The van der Waals surface area contributed by atoms with Gasteiger partial charge in [0.15, 0.2) is 0 Å². The molecule has 0 atom stereocenters. The van der Waals surface area contributed by atoms with Gasteiger partial charge in [-0.15, -0.1) is 0 Å².